The van der Waals surface area contributed by atoms with E-state index in [1.807, 2.05) is 41.3 Å². The van der Waals surface area contributed by atoms with Crippen LogP contribution < -0.4 is 0 Å². The van der Waals surface area contributed by atoms with Crippen molar-refractivity contribution >= 4 is 17.7 Å². The van der Waals surface area contributed by atoms with Crippen molar-refractivity contribution in [3.8, 4) is 0 Å². The highest BCUT2D eigenvalue weighted by Crippen LogP contribution is 2.27. The van der Waals surface area contributed by atoms with Gasteiger partial charge < -0.3 is 4.90 Å². The fourth-order valence-electron chi connectivity index (χ4n) is 4.95. The lowest BCUT2D eigenvalue weighted by Gasteiger charge is -2.38. The first-order valence-electron chi connectivity index (χ1n) is 12.2. The fraction of sp³-hybridized carbons (Fsp3) is 0.276. The summed E-state index contributed by atoms with van der Waals surface area (Å²) in [4.78, 5) is 45.6. The smallest absolute Gasteiger partial charge is 0.262 e. The van der Waals surface area contributed by atoms with Crippen molar-refractivity contribution in [2.75, 3.05) is 32.7 Å². The highest BCUT2D eigenvalue weighted by Gasteiger charge is 2.44. The van der Waals surface area contributed by atoms with Crippen molar-refractivity contribution in [2.24, 2.45) is 0 Å². The van der Waals surface area contributed by atoms with Gasteiger partial charge in [-0.3, -0.25) is 24.2 Å². The van der Waals surface area contributed by atoms with Crippen molar-refractivity contribution in [1.82, 2.24) is 14.7 Å². The molecule has 0 bridgehead atoms. The van der Waals surface area contributed by atoms with E-state index < -0.39 is 6.04 Å². The van der Waals surface area contributed by atoms with Crippen LogP contribution in [0.2, 0.25) is 0 Å². The van der Waals surface area contributed by atoms with Crippen LogP contribution in [0.3, 0.4) is 0 Å². The quantitative estimate of drug-likeness (QED) is 0.501. The van der Waals surface area contributed by atoms with E-state index in [-0.39, 0.29) is 17.7 Å². The molecule has 6 heteroatoms. The average molecular weight is 468 g/mol. The number of amides is 3. The molecule has 0 unspecified atom stereocenters. The van der Waals surface area contributed by atoms with Gasteiger partial charge in [0.15, 0.2) is 0 Å². The average Bonchev–Trinajstić information content (AvgIpc) is 3.17. The molecule has 1 atom stereocenters. The number of carbonyl (C=O) groups is 3. The predicted molar refractivity (Wildman–Crippen MR) is 134 cm³/mol. The number of benzene rings is 3. The molecule has 6 nitrogen and oxygen atoms in total. The zero-order valence-corrected chi connectivity index (χ0v) is 19.7. The largest absolute Gasteiger partial charge is 0.338 e. The summed E-state index contributed by atoms with van der Waals surface area (Å²) in [6.07, 6.45) is 1.28. The molecule has 35 heavy (non-hydrogen) atoms. The lowest BCUT2D eigenvalue weighted by molar-refractivity contribution is -0.137. The molecule has 0 aromatic heterocycles. The molecule has 0 aliphatic carbocycles. The number of carbonyl (C=O) groups excluding carboxylic acids is 3. The molecule has 3 amide bonds. The summed E-state index contributed by atoms with van der Waals surface area (Å²) in [6.45, 7) is 3.67. The van der Waals surface area contributed by atoms with E-state index in [1.54, 1.807) is 24.3 Å². The second-order valence-electron chi connectivity index (χ2n) is 9.13. The van der Waals surface area contributed by atoms with Crippen LogP contribution in [0.5, 0.6) is 0 Å². The first-order chi connectivity index (χ1) is 17.1. The van der Waals surface area contributed by atoms with Crippen LogP contribution in [0.4, 0.5) is 0 Å². The van der Waals surface area contributed by atoms with E-state index in [0.29, 0.717) is 30.6 Å². The Morgan fingerprint density at radius 2 is 1.20 bits per heavy atom. The van der Waals surface area contributed by atoms with Gasteiger partial charge in [0.1, 0.15) is 6.04 Å². The van der Waals surface area contributed by atoms with Gasteiger partial charge in [-0.1, -0.05) is 72.8 Å². The summed E-state index contributed by atoms with van der Waals surface area (Å²) in [7, 11) is 0. The van der Waals surface area contributed by atoms with Gasteiger partial charge in [0, 0.05) is 39.1 Å². The highest BCUT2D eigenvalue weighted by molar-refractivity contribution is 6.22. The zero-order valence-electron chi connectivity index (χ0n) is 19.7. The van der Waals surface area contributed by atoms with Gasteiger partial charge in [0.05, 0.1) is 11.1 Å². The SMILES string of the molecule is O=C([C@H](Cc1ccccc1)N1C(=O)c2ccccc2C1=O)N1CCN(CCc2ccccc2)CC1. The number of piperazine rings is 1. The number of nitrogens with zero attached hydrogens (tertiary/aromatic N) is 3. The predicted octanol–water partition coefficient (Wildman–Crippen LogP) is 3.28. The molecule has 178 valence electrons. The normalized spacial score (nSPS) is 16.9. The third kappa shape index (κ3) is 4.88. The molecule has 1 saturated heterocycles. The van der Waals surface area contributed by atoms with E-state index in [4.69, 9.17) is 0 Å². The topological polar surface area (TPSA) is 60.9 Å². The van der Waals surface area contributed by atoms with Crippen LogP contribution in [0.25, 0.3) is 0 Å². The summed E-state index contributed by atoms with van der Waals surface area (Å²) in [5.74, 6) is -0.936. The van der Waals surface area contributed by atoms with Crippen molar-refractivity contribution in [1.29, 1.82) is 0 Å². The Hall–Kier alpha value is -3.77. The maximum absolute atomic E-state index is 13.8. The molecule has 0 radical (unpaired) electrons. The van der Waals surface area contributed by atoms with Gasteiger partial charge in [-0.15, -0.1) is 0 Å². The summed E-state index contributed by atoms with van der Waals surface area (Å²) in [5, 5.41) is 0. The second-order valence-corrected chi connectivity index (χ2v) is 9.13. The summed E-state index contributed by atoms with van der Waals surface area (Å²) >= 11 is 0. The maximum Gasteiger partial charge on any atom is 0.262 e. The fourth-order valence-corrected chi connectivity index (χ4v) is 4.95. The van der Waals surface area contributed by atoms with Crippen molar-refractivity contribution < 1.29 is 14.4 Å². The number of hydrogen-bond acceptors (Lipinski definition) is 4. The monoisotopic (exact) mass is 467 g/mol. The molecule has 1 fully saturated rings. The minimum atomic E-state index is -0.860. The van der Waals surface area contributed by atoms with Crippen LogP contribution in [-0.4, -0.2) is 71.2 Å². The molecule has 0 N–H and O–H groups in total. The number of imide groups is 1. The van der Waals surface area contributed by atoms with Gasteiger partial charge >= 0.3 is 0 Å². The second kappa shape index (κ2) is 10.2. The number of fused-ring (bicyclic) bond motifs is 1. The Morgan fingerprint density at radius 3 is 1.77 bits per heavy atom. The molecule has 0 spiro atoms. The summed E-state index contributed by atoms with van der Waals surface area (Å²) in [5.41, 5.74) is 2.96. The Labute approximate surface area is 205 Å². The Morgan fingerprint density at radius 1 is 0.686 bits per heavy atom. The molecule has 3 aromatic carbocycles. The lowest BCUT2D eigenvalue weighted by Crippen LogP contribution is -2.56. The van der Waals surface area contributed by atoms with Gasteiger partial charge in [-0.25, -0.2) is 0 Å². The Kier molecular flexibility index (Phi) is 6.73. The van der Waals surface area contributed by atoms with Crippen LogP contribution in [0, 0.1) is 0 Å². The molecule has 2 heterocycles. The highest BCUT2D eigenvalue weighted by atomic mass is 16.2. The molecule has 2 aliphatic rings. The maximum atomic E-state index is 13.8. The standard InChI is InChI=1S/C29H29N3O3/c33-27-24-13-7-8-14-25(24)28(34)32(27)26(21-23-11-5-2-6-12-23)29(35)31-19-17-30(18-20-31)16-15-22-9-3-1-4-10-22/h1-14,26H,15-21H2/t26-/m0/s1. The van der Waals surface area contributed by atoms with Gasteiger partial charge in [-0.05, 0) is 29.7 Å². The molecule has 5 rings (SSSR count). The lowest BCUT2D eigenvalue weighted by atomic mass is 10.0. The van der Waals surface area contributed by atoms with Crippen LogP contribution in [0.1, 0.15) is 31.8 Å². The Bertz CT molecular complexity index is 1170. The van der Waals surface area contributed by atoms with Crippen LogP contribution in [0.15, 0.2) is 84.9 Å². The first kappa shape index (κ1) is 23.0. The Balaban J connectivity index is 1.30. The van der Waals surface area contributed by atoms with Crippen LogP contribution >= 0.6 is 0 Å². The van der Waals surface area contributed by atoms with Gasteiger partial charge in [-0.2, -0.15) is 0 Å². The number of rotatable bonds is 7. The zero-order chi connectivity index (χ0) is 24.2. The molecule has 2 aliphatic heterocycles. The summed E-state index contributed by atoms with van der Waals surface area (Å²) < 4.78 is 0. The molecule has 0 saturated carbocycles. The first-order valence-corrected chi connectivity index (χ1v) is 12.2. The number of hydrogen-bond donors (Lipinski definition) is 0. The minimum absolute atomic E-state index is 0.161. The van der Waals surface area contributed by atoms with Crippen molar-refractivity contribution in [2.45, 2.75) is 18.9 Å². The van der Waals surface area contributed by atoms with E-state index in [9.17, 15) is 14.4 Å². The third-order valence-corrected chi connectivity index (χ3v) is 6.94. The molecular formula is C29H29N3O3. The molecular weight excluding hydrogens is 438 g/mol. The van der Waals surface area contributed by atoms with Crippen LogP contribution in [-0.2, 0) is 17.6 Å². The van der Waals surface area contributed by atoms with E-state index in [2.05, 4.69) is 29.2 Å². The third-order valence-electron chi connectivity index (χ3n) is 6.94. The minimum Gasteiger partial charge on any atom is -0.338 e. The van der Waals surface area contributed by atoms with E-state index in [0.717, 1.165) is 31.6 Å². The van der Waals surface area contributed by atoms with Crippen molar-refractivity contribution in [3.63, 3.8) is 0 Å². The van der Waals surface area contributed by atoms with Gasteiger partial charge in [0.25, 0.3) is 11.8 Å². The van der Waals surface area contributed by atoms with Gasteiger partial charge in [0.2, 0.25) is 5.91 Å². The van der Waals surface area contributed by atoms with Crippen molar-refractivity contribution in [3.05, 3.63) is 107 Å². The molecule has 3 aromatic rings. The summed E-state index contributed by atoms with van der Waals surface area (Å²) in [6, 6.07) is 25.9. The van der Waals surface area contributed by atoms with E-state index in [1.165, 1.54) is 10.5 Å². The van der Waals surface area contributed by atoms with E-state index >= 15 is 0 Å².